The Balaban J connectivity index is 1.55. The van der Waals surface area contributed by atoms with E-state index in [1.807, 2.05) is 30.5 Å². The van der Waals surface area contributed by atoms with Gasteiger partial charge >= 0.3 is 5.97 Å². The van der Waals surface area contributed by atoms with Gasteiger partial charge in [0, 0.05) is 30.1 Å². The second kappa shape index (κ2) is 11.1. The largest absolute Gasteiger partial charge is 0.480 e. The highest BCUT2D eigenvalue weighted by Crippen LogP contribution is 2.23. The number of aromatic nitrogens is 1. The number of rotatable bonds is 9. The topological polar surface area (TPSA) is 164 Å². The zero-order valence-electron chi connectivity index (χ0n) is 20.2. The van der Waals surface area contributed by atoms with Gasteiger partial charge in [0.1, 0.15) is 12.1 Å². The Labute approximate surface area is 208 Å². The lowest BCUT2D eigenvalue weighted by Gasteiger charge is -2.30. The summed E-state index contributed by atoms with van der Waals surface area (Å²) in [5.74, 6) is -2.65. The summed E-state index contributed by atoms with van der Waals surface area (Å²) in [6, 6.07) is 4.04. The minimum absolute atomic E-state index is 0.234. The van der Waals surface area contributed by atoms with E-state index in [4.69, 9.17) is 0 Å². The van der Waals surface area contributed by atoms with E-state index in [9.17, 15) is 29.4 Å². The van der Waals surface area contributed by atoms with Crippen LogP contribution in [0.5, 0.6) is 0 Å². The summed E-state index contributed by atoms with van der Waals surface area (Å²) in [5, 5.41) is 28.4. The van der Waals surface area contributed by atoms with Crippen LogP contribution in [-0.2, 0) is 25.6 Å². The molecule has 4 rings (SSSR count). The first-order valence-corrected chi connectivity index (χ1v) is 12.4. The van der Waals surface area contributed by atoms with Gasteiger partial charge in [0.2, 0.25) is 17.7 Å². The number of aliphatic carboxylic acids is 1. The monoisotopic (exact) mass is 499 g/mol. The average molecular weight is 500 g/mol. The summed E-state index contributed by atoms with van der Waals surface area (Å²) in [4.78, 5) is 55.7. The van der Waals surface area contributed by atoms with Crippen LogP contribution in [0, 0.1) is 0 Å². The Morgan fingerprint density at radius 1 is 1.11 bits per heavy atom. The Bertz CT molecular complexity index is 1130. The molecule has 2 saturated heterocycles. The molecule has 1 aromatic heterocycles. The molecule has 2 aliphatic rings. The van der Waals surface area contributed by atoms with Crippen molar-refractivity contribution in [3.63, 3.8) is 0 Å². The Hall–Kier alpha value is -3.44. The maximum Gasteiger partial charge on any atom is 0.328 e. The quantitative estimate of drug-likeness (QED) is 0.280. The highest BCUT2D eigenvalue weighted by atomic mass is 16.4. The van der Waals surface area contributed by atoms with E-state index in [-0.39, 0.29) is 18.4 Å². The fraction of sp³-hybridized carbons (Fsp3) is 0.520. The van der Waals surface area contributed by atoms with Crippen LogP contribution in [0.25, 0.3) is 10.9 Å². The minimum Gasteiger partial charge on any atom is -0.480 e. The van der Waals surface area contributed by atoms with Crippen LogP contribution in [0.4, 0.5) is 0 Å². The van der Waals surface area contributed by atoms with Crippen molar-refractivity contribution in [2.24, 2.45) is 0 Å². The highest BCUT2D eigenvalue weighted by Gasteiger charge is 2.40. The van der Waals surface area contributed by atoms with Gasteiger partial charge in [-0.3, -0.25) is 14.4 Å². The van der Waals surface area contributed by atoms with Crippen molar-refractivity contribution in [2.75, 3.05) is 13.1 Å². The van der Waals surface area contributed by atoms with Crippen LogP contribution in [0.3, 0.4) is 0 Å². The number of amides is 3. The van der Waals surface area contributed by atoms with Crippen molar-refractivity contribution in [3.05, 3.63) is 36.0 Å². The standard InChI is InChI=1S/C25H33N5O6/c1-14(31)21(25(35)36)29-23(33)20-9-5-11-30(20)24(34)19(28-22(32)18-8-4-10-26-18)12-15-13-27-17-7-3-2-6-16(15)17/h2-3,6-7,13-14,18-21,26-27,31H,4-5,8-12H2,1H3,(H,28,32)(H,29,33)(H,35,36). The molecule has 0 bridgehead atoms. The number of carboxylic acid groups (broad SMARTS) is 1. The van der Waals surface area contributed by atoms with E-state index in [1.54, 1.807) is 0 Å². The summed E-state index contributed by atoms with van der Waals surface area (Å²) < 4.78 is 0. The van der Waals surface area contributed by atoms with E-state index in [2.05, 4.69) is 20.9 Å². The number of carboxylic acids is 1. The van der Waals surface area contributed by atoms with Gasteiger partial charge in [0.05, 0.1) is 12.1 Å². The number of carbonyl (C=O) groups excluding carboxylic acids is 3. The molecule has 3 heterocycles. The van der Waals surface area contributed by atoms with E-state index in [0.29, 0.717) is 25.8 Å². The highest BCUT2D eigenvalue weighted by molar-refractivity contribution is 5.95. The Morgan fingerprint density at radius 2 is 1.89 bits per heavy atom. The molecule has 5 atom stereocenters. The van der Waals surface area contributed by atoms with Gasteiger partial charge in [-0.2, -0.15) is 0 Å². The van der Waals surface area contributed by atoms with Crippen molar-refractivity contribution in [2.45, 2.75) is 69.3 Å². The second-order valence-corrected chi connectivity index (χ2v) is 9.53. The molecule has 36 heavy (non-hydrogen) atoms. The van der Waals surface area contributed by atoms with Gasteiger partial charge in [-0.15, -0.1) is 0 Å². The van der Waals surface area contributed by atoms with Gasteiger partial charge in [-0.05, 0) is 50.8 Å². The molecule has 0 saturated carbocycles. The van der Waals surface area contributed by atoms with E-state index in [1.165, 1.54) is 11.8 Å². The number of carbonyl (C=O) groups is 4. The number of hydrogen-bond acceptors (Lipinski definition) is 6. The summed E-state index contributed by atoms with van der Waals surface area (Å²) >= 11 is 0. The summed E-state index contributed by atoms with van der Waals surface area (Å²) in [6.07, 6.45) is 3.24. The normalized spacial score (nSPS) is 22.2. The van der Waals surface area contributed by atoms with Crippen LogP contribution in [0.15, 0.2) is 30.5 Å². The van der Waals surface area contributed by atoms with Crippen molar-refractivity contribution < 1.29 is 29.4 Å². The molecule has 2 aromatic rings. The van der Waals surface area contributed by atoms with Crippen LogP contribution in [-0.4, -0.2) is 87.1 Å². The second-order valence-electron chi connectivity index (χ2n) is 9.53. The SMILES string of the molecule is CC(O)C(NC(=O)C1CCCN1C(=O)C(Cc1c[nH]c2ccccc12)NC(=O)C1CCCN1)C(=O)O. The van der Waals surface area contributed by atoms with E-state index < -0.39 is 42.0 Å². The van der Waals surface area contributed by atoms with Crippen molar-refractivity contribution >= 4 is 34.6 Å². The van der Waals surface area contributed by atoms with E-state index >= 15 is 0 Å². The average Bonchev–Trinajstić information content (AvgIpc) is 3.62. The molecule has 2 aliphatic heterocycles. The van der Waals surface area contributed by atoms with Gasteiger partial charge in [0.25, 0.3) is 0 Å². The van der Waals surface area contributed by atoms with Crippen molar-refractivity contribution in [1.29, 1.82) is 0 Å². The zero-order valence-corrected chi connectivity index (χ0v) is 20.2. The van der Waals surface area contributed by atoms with Crippen LogP contribution >= 0.6 is 0 Å². The lowest BCUT2D eigenvalue weighted by molar-refractivity contribution is -0.147. The number of nitrogens with zero attached hydrogens (tertiary/aromatic N) is 1. The number of nitrogens with one attached hydrogen (secondary N) is 4. The lowest BCUT2D eigenvalue weighted by atomic mass is 10.0. The number of para-hydroxylation sites is 1. The molecule has 11 heteroatoms. The molecule has 2 fully saturated rings. The number of benzene rings is 1. The molecule has 0 aliphatic carbocycles. The summed E-state index contributed by atoms with van der Waals surface area (Å²) in [7, 11) is 0. The van der Waals surface area contributed by atoms with Gasteiger partial charge in [-0.1, -0.05) is 18.2 Å². The number of H-pyrrole nitrogens is 1. The number of aliphatic hydroxyl groups excluding tert-OH is 1. The third kappa shape index (κ3) is 5.52. The van der Waals surface area contributed by atoms with Gasteiger partial charge in [0.15, 0.2) is 6.04 Å². The molecule has 6 N–H and O–H groups in total. The van der Waals surface area contributed by atoms with Crippen molar-refractivity contribution in [3.8, 4) is 0 Å². The number of hydrogen-bond donors (Lipinski definition) is 6. The van der Waals surface area contributed by atoms with E-state index in [0.717, 1.165) is 29.4 Å². The smallest absolute Gasteiger partial charge is 0.328 e. The number of fused-ring (bicyclic) bond motifs is 1. The predicted molar refractivity (Wildman–Crippen MR) is 131 cm³/mol. The maximum absolute atomic E-state index is 13.8. The van der Waals surface area contributed by atoms with Crippen molar-refractivity contribution in [1.82, 2.24) is 25.8 Å². The first-order valence-electron chi connectivity index (χ1n) is 12.4. The fourth-order valence-corrected chi connectivity index (χ4v) is 5.04. The number of aliphatic hydroxyl groups is 1. The van der Waals surface area contributed by atoms with Crippen LogP contribution in [0.2, 0.25) is 0 Å². The lowest BCUT2D eigenvalue weighted by Crippen LogP contribution is -2.58. The molecule has 1 aromatic carbocycles. The van der Waals surface area contributed by atoms with Gasteiger partial charge < -0.3 is 36.0 Å². The maximum atomic E-state index is 13.8. The number of likely N-dealkylation sites (tertiary alicyclic amines) is 1. The third-order valence-corrected chi connectivity index (χ3v) is 6.98. The molecule has 3 amide bonds. The van der Waals surface area contributed by atoms with Gasteiger partial charge in [-0.25, -0.2) is 4.79 Å². The molecular formula is C25H33N5O6. The first-order chi connectivity index (χ1) is 17.3. The zero-order chi connectivity index (χ0) is 25.8. The van der Waals surface area contributed by atoms with Crippen LogP contribution in [0.1, 0.15) is 38.2 Å². The third-order valence-electron chi connectivity index (χ3n) is 6.98. The molecule has 194 valence electrons. The van der Waals surface area contributed by atoms with Crippen LogP contribution < -0.4 is 16.0 Å². The minimum atomic E-state index is -1.48. The number of aromatic amines is 1. The molecule has 0 spiro atoms. The molecule has 11 nitrogen and oxygen atoms in total. The predicted octanol–water partition coefficient (Wildman–Crippen LogP) is -0.112. The molecular weight excluding hydrogens is 466 g/mol. The Morgan fingerprint density at radius 3 is 2.58 bits per heavy atom. The molecule has 5 unspecified atom stereocenters. The summed E-state index contributed by atoms with van der Waals surface area (Å²) in [6.45, 7) is 2.33. The Kier molecular flexibility index (Phi) is 7.90. The fourth-order valence-electron chi connectivity index (χ4n) is 5.04. The summed E-state index contributed by atoms with van der Waals surface area (Å²) in [5.41, 5.74) is 1.78. The molecule has 0 radical (unpaired) electrons. The first kappa shape index (κ1) is 25.6.